The molecule has 0 bridgehead atoms. The molecule has 0 unspecified atom stereocenters. The lowest BCUT2D eigenvalue weighted by Gasteiger charge is -2.49. The molecule has 2 amide bonds. The van der Waals surface area contributed by atoms with Gasteiger partial charge in [-0.3, -0.25) is 9.59 Å². The number of hydrogen-bond acceptors (Lipinski definition) is 5. The second-order valence-electron chi connectivity index (χ2n) is 5.44. The predicted molar refractivity (Wildman–Crippen MR) is 87.5 cm³/mol. The van der Waals surface area contributed by atoms with Gasteiger partial charge in [-0.1, -0.05) is 30.3 Å². The second kappa shape index (κ2) is 6.10. The van der Waals surface area contributed by atoms with E-state index in [-0.39, 0.29) is 11.8 Å². The van der Waals surface area contributed by atoms with E-state index in [2.05, 4.69) is 10.3 Å². The number of aromatic nitrogens is 1. The Morgan fingerprint density at radius 1 is 1.30 bits per heavy atom. The summed E-state index contributed by atoms with van der Waals surface area (Å²) in [6, 6.07) is 9.88. The van der Waals surface area contributed by atoms with E-state index in [0.717, 1.165) is 5.56 Å². The van der Waals surface area contributed by atoms with E-state index >= 15 is 0 Å². The van der Waals surface area contributed by atoms with Crippen molar-refractivity contribution in [2.75, 3.05) is 25.5 Å². The molecule has 7 heteroatoms. The quantitative estimate of drug-likeness (QED) is 0.931. The number of methoxy groups -OCH3 is 1. The summed E-state index contributed by atoms with van der Waals surface area (Å²) in [4.78, 5) is 29.3. The lowest BCUT2D eigenvalue weighted by atomic mass is 9.85. The number of nitrogens with zero attached hydrogens (tertiary/aromatic N) is 2. The second-order valence-corrected chi connectivity index (χ2v) is 6.30. The Balaban J connectivity index is 1.69. The van der Waals surface area contributed by atoms with Gasteiger partial charge in [-0.05, 0) is 5.56 Å². The molecule has 2 aromatic rings. The summed E-state index contributed by atoms with van der Waals surface area (Å²) in [5.41, 5.74) is 0.952. The van der Waals surface area contributed by atoms with Crippen LogP contribution in [0.15, 0.2) is 35.7 Å². The van der Waals surface area contributed by atoms with Crippen molar-refractivity contribution in [1.29, 1.82) is 0 Å². The molecule has 1 aliphatic rings. The molecule has 3 rings (SSSR count). The topological polar surface area (TPSA) is 71.5 Å². The zero-order chi connectivity index (χ0) is 16.4. The third-order valence-corrected chi connectivity index (χ3v) is 4.63. The van der Waals surface area contributed by atoms with E-state index < -0.39 is 5.60 Å². The van der Waals surface area contributed by atoms with Crippen LogP contribution in [-0.2, 0) is 15.1 Å². The zero-order valence-corrected chi connectivity index (χ0v) is 13.7. The first-order valence-electron chi connectivity index (χ1n) is 7.17. The number of hydrogen-bond donors (Lipinski definition) is 1. The number of carbonyl (C=O) groups excluding carboxylic acids is 2. The minimum absolute atomic E-state index is 0.151. The highest BCUT2D eigenvalue weighted by Crippen LogP contribution is 2.36. The van der Waals surface area contributed by atoms with Gasteiger partial charge in [0.05, 0.1) is 13.1 Å². The Morgan fingerprint density at radius 3 is 2.61 bits per heavy atom. The summed E-state index contributed by atoms with van der Waals surface area (Å²) in [5.74, 6) is -0.355. The summed E-state index contributed by atoms with van der Waals surface area (Å²) < 4.78 is 5.67. The van der Waals surface area contributed by atoms with Gasteiger partial charge in [0.25, 0.3) is 5.91 Å². The molecule has 23 heavy (non-hydrogen) atoms. The van der Waals surface area contributed by atoms with Gasteiger partial charge >= 0.3 is 0 Å². The van der Waals surface area contributed by atoms with Crippen molar-refractivity contribution in [2.24, 2.45) is 0 Å². The van der Waals surface area contributed by atoms with Crippen molar-refractivity contribution in [3.8, 4) is 0 Å². The van der Waals surface area contributed by atoms with Crippen LogP contribution in [0, 0.1) is 0 Å². The molecule has 0 aliphatic carbocycles. The minimum atomic E-state index is -0.451. The Hall–Kier alpha value is -2.25. The molecule has 0 saturated carbocycles. The van der Waals surface area contributed by atoms with E-state index in [1.165, 1.54) is 18.3 Å². The molecule has 120 valence electrons. The number of likely N-dealkylation sites (tertiary alicyclic amines) is 1. The maximum absolute atomic E-state index is 12.5. The number of carbonyl (C=O) groups is 2. The van der Waals surface area contributed by atoms with E-state index in [1.54, 1.807) is 17.4 Å². The monoisotopic (exact) mass is 331 g/mol. The minimum Gasteiger partial charge on any atom is -0.370 e. The molecule has 1 aromatic carbocycles. The Bertz CT molecular complexity index is 723. The van der Waals surface area contributed by atoms with Gasteiger partial charge in [-0.2, -0.15) is 0 Å². The van der Waals surface area contributed by atoms with Crippen LogP contribution < -0.4 is 5.32 Å². The van der Waals surface area contributed by atoms with Crippen molar-refractivity contribution < 1.29 is 14.3 Å². The summed E-state index contributed by atoms with van der Waals surface area (Å²) in [7, 11) is 1.66. The average molecular weight is 331 g/mol. The van der Waals surface area contributed by atoms with E-state index in [0.29, 0.717) is 23.9 Å². The van der Waals surface area contributed by atoms with Gasteiger partial charge in [0.15, 0.2) is 5.13 Å². The lowest BCUT2D eigenvalue weighted by Crippen LogP contribution is -2.62. The summed E-state index contributed by atoms with van der Waals surface area (Å²) in [5, 5.41) is 4.67. The van der Waals surface area contributed by atoms with Gasteiger partial charge < -0.3 is 15.0 Å². The van der Waals surface area contributed by atoms with Crippen LogP contribution in [0.4, 0.5) is 5.13 Å². The Kier molecular flexibility index (Phi) is 4.14. The van der Waals surface area contributed by atoms with Crippen LogP contribution in [0.5, 0.6) is 0 Å². The van der Waals surface area contributed by atoms with Crippen molar-refractivity contribution >= 4 is 28.3 Å². The van der Waals surface area contributed by atoms with Gasteiger partial charge in [-0.25, -0.2) is 4.98 Å². The summed E-state index contributed by atoms with van der Waals surface area (Å²) in [6.07, 6.45) is 0. The number of nitrogens with one attached hydrogen (secondary N) is 1. The van der Waals surface area contributed by atoms with Gasteiger partial charge in [0.1, 0.15) is 11.3 Å². The normalized spacial score (nSPS) is 15.8. The third-order valence-electron chi connectivity index (χ3n) is 3.88. The highest BCUT2D eigenvalue weighted by Gasteiger charge is 2.47. The highest BCUT2D eigenvalue weighted by molar-refractivity contribution is 7.14. The van der Waals surface area contributed by atoms with E-state index in [4.69, 9.17) is 4.74 Å². The lowest BCUT2D eigenvalue weighted by molar-refractivity contribution is -0.114. The number of thiazole rings is 1. The molecule has 2 heterocycles. The maximum Gasteiger partial charge on any atom is 0.273 e. The molecule has 0 atom stereocenters. The average Bonchev–Trinajstić information content (AvgIpc) is 2.95. The number of rotatable bonds is 4. The molecular weight excluding hydrogens is 314 g/mol. The third kappa shape index (κ3) is 2.97. The molecular formula is C16H17N3O3S. The fraction of sp³-hybridized carbons (Fsp3) is 0.312. The van der Waals surface area contributed by atoms with Crippen LogP contribution in [0.1, 0.15) is 23.0 Å². The molecule has 1 fully saturated rings. The molecule has 1 aliphatic heterocycles. The number of amides is 2. The smallest absolute Gasteiger partial charge is 0.273 e. The Labute approximate surface area is 138 Å². The van der Waals surface area contributed by atoms with Crippen molar-refractivity contribution in [3.05, 3.63) is 47.0 Å². The Morgan fingerprint density at radius 2 is 2.00 bits per heavy atom. The van der Waals surface area contributed by atoms with Gasteiger partial charge in [0, 0.05) is 19.4 Å². The predicted octanol–water partition coefficient (Wildman–Crippen LogP) is 2.10. The van der Waals surface area contributed by atoms with E-state index in [1.807, 2.05) is 30.3 Å². The van der Waals surface area contributed by atoms with E-state index in [9.17, 15) is 9.59 Å². The van der Waals surface area contributed by atoms with Crippen molar-refractivity contribution in [2.45, 2.75) is 12.5 Å². The van der Waals surface area contributed by atoms with Gasteiger partial charge in [0.2, 0.25) is 5.91 Å². The van der Waals surface area contributed by atoms with Crippen molar-refractivity contribution in [3.63, 3.8) is 0 Å². The highest BCUT2D eigenvalue weighted by atomic mass is 32.1. The fourth-order valence-corrected chi connectivity index (χ4v) is 3.36. The van der Waals surface area contributed by atoms with Crippen molar-refractivity contribution in [1.82, 2.24) is 9.88 Å². The first-order valence-corrected chi connectivity index (χ1v) is 8.05. The fourth-order valence-electron chi connectivity index (χ4n) is 2.63. The number of anilines is 1. The molecule has 0 spiro atoms. The standard InChI is InChI=1S/C16H17N3O3S/c1-11(20)17-15-18-13(8-23-15)14(21)19-9-16(10-19,22-2)12-6-4-3-5-7-12/h3-8H,9-10H2,1-2H3,(H,17,18,20). The van der Waals surface area contributed by atoms with Crippen LogP contribution in [0.25, 0.3) is 0 Å². The first kappa shape index (κ1) is 15.6. The summed E-state index contributed by atoms with van der Waals surface area (Å²) in [6.45, 7) is 2.38. The summed E-state index contributed by atoms with van der Waals surface area (Å²) >= 11 is 1.24. The van der Waals surface area contributed by atoms with Gasteiger partial charge in [-0.15, -0.1) is 11.3 Å². The maximum atomic E-state index is 12.5. The molecule has 1 N–H and O–H groups in total. The number of ether oxygens (including phenoxy) is 1. The van der Waals surface area contributed by atoms with Crippen LogP contribution >= 0.6 is 11.3 Å². The molecule has 1 aromatic heterocycles. The number of benzene rings is 1. The SMILES string of the molecule is COC1(c2ccccc2)CN(C(=O)c2csc(NC(C)=O)n2)C1. The van der Waals surface area contributed by atoms with Crippen LogP contribution in [-0.4, -0.2) is 41.9 Å². The molecule has 1 saturated heterocycles. The zero-order valence-electron chi connectivity index (χ0n) is 12.9. The van der Waals surface area contributed by atoms with Crippen LogP contribution in [0.3, 0.4) is 0 Å². The first-order chi connectivity index (χ1) is 11.0. The molecule has 6 nitrogen and oxygen atoms in total. The molecule has 0 radical (unpaired) electrons. The van der Waals surface area contributed by atoms with Crippen LogP contribution in [0.2, 0.25) is 0 Å². The largest absolute Gasteiger partial charge is 0.370 e.